The molecule has 1 unspecified atom stereocenters. The molecule has 19 heavy (non-hydrogen) atoms. The molecule has 2 heterocycles. The third-order valence-electron chi connectivity index (χ3n) is 2.89. The van der Waals surface area contributed by atoms with E-state index in [9.17, 15) is 0 Å². The van der Waals surface area contributed by atoms with Gasteiger partial charge in [-0.15, -0.1) is 0 Å². The van der Waals surface area contributed by atoms with Crippen LogP contribution in [0.3, 0.4) is 0 Å². The molecule has 1 fully saturated rings. The first-order valence-electron chi connectivity index (χ1n) is 6.65. The Morgan fingerprint density at radius 2 is 2.26 bits per heavy atom. The summed E-state index contributed by atoms with van der Waals surface area (Å²) in [6, 6.07) is 0.839. The van der Waals surface area contributed by atoms with E-state index in [2.05, 4.69) is 39.0 Å². The van der Waals surface area contributed by atoms with E-state index in [0.29, 0.717) is 30.6 Å². The number of thioether (sulfide) groups is 1. The number of rotatable bonds is 5. The van der Waals surface area contributed by atoms with Gasteiger partial charge in [0.1, 0.15) is 0 Å². The Labute approximate surface area is 118 Å². The Balaban J connectivity index is 2.22. The lowest BCUT2D eigenvalue weighted by Crippen LogP contribution is -2.41. The highest BCUT2D eigenvalue weighted by atomic mass is 32.2. The average Bonchev–Trinajstić information content (AvgIpc) is 2.45. The van der Waals surface area contributed by atoms with Crippen molar-refractivity contribution in [1.29, 1.82) is 0 Å². The van der Waals surface area contributed by atoms with Crippen LogP contribution >= 0.6 is 11.8 Å². The maximum Gasteiger partial charge on any atom is 0.323 e. The van der Waals surface area contributed by atoms with Crippen molar-refractivity contribution in [1.82, 2.24) is 15.0 Å². The van der Waals surface area contributed by atoms with Crippen molar-refractivity contribution in [3.63, 3.8) is 0 Å². The lowest BCUT2D eigenvalue weighted by Gasteiger charge is -2.33. The Hall–Kier alpha value is -1.24. The van der Waals surface area contributed by atoms with Crippen LogP contribution in [0.2, 0.25) is 0 Å². The van der Waals surface area contributed by atoms with E-state index in [1.165, 1.54) is 0 Å². The summed E-state index contributed by atoms with van der Waals surface area (Å²) < 4.78 is 5.53. The van der Waals surface area contributed by atoms with Crippen LogP contribution in [0.4, 0.5) is 11.9 Å². The summed E-state index contributed by atoms with van der Waals surface area (Å²) in [5.74, 6) is 3.47. The topological polar surface area (TPSA) is 63.2 Å². The summed E-state index contributed by atoms with van der Waals surface area (Å²) in [6.45, 7) is 5.84. The predicted molar refractivity (Wildman–Crippen MR) is 79.3 cm³/mol. The maximum absolute atomic E-state index is 5.53. The molecular formula is C12H21N5OS. The third kappa shape index (κ3) is 3.62. The van der Waals surface area contributed by atoms with Crippen LogP contribution in [0.1, 0.15) is 20.3 Å². The zero-order chi connectivity index (χ0) is 13.7. The quantitative estimate of drug-likeness (QED) is 0.881. The molecule has 1 aromatic rings. The van der Waals surface area contributed by atoms with E-state index in [1.54, 1.807) is 7.05 Å². The van der Waals surface area contributed by atoms with Crippen molar-refractivity contribution in [2.24, 2.45) is 0 Å². The van der Waals surface area contributed by atoms with E-state index < -0.39 is 0 Å². The van der Waals surface area contributed by atoms with Crippen LogP contribution in [-0.4, -0.2) is 52.7 Å². The first-order valence-corrected chi connectivity index (χ1v) is 7.81. The van der Waals surface area contributed by atoms with Gasteiger partial charge in [-0.05, 0) is 13.3 Å². The monoisotopic (exact) mass is 283 g/mol. The molecule has 1 N–H and O–H groups in total. The largest absolute Gasteiger partial charge is 0.463 e. The second-order valence-electron chi connectivity index (χ2n) is 4.46. The van der Waals surface area contributed by atoms with Crippen LogP contribution in [-0.2, 0) is 0 Å². The summed E-state index contributed by atoms with van der Waals surface area (Å²) in [7, 11) is 1.80. The molecule has 1 aromatic heterocycles. The molecule has 2 rings (SSSR count). The second kappa shape index (κ2) is 6.79. The predicted octanol–water partition coefficient (Wildman–Crippen LogP) is 1.64. The van der Waals surface area contributed by atoms with Gasteiger partial charge in [-0.1, -0.05) is 6.92 Å². The highest BCUT2D eigenvalue weighted by Gasteiger charge is 2.22. The van der Waals surface area contributed by atoms with Gasteiger partial charge in [-0.25, -0.2) is 0 Å². The Kier molecular flexibility index (Phi) is 5.07. The van der Waals surface area contributed by atoms with Gasteiger partial charge in [0.15, 0.2) is 0 Å². The first-order chi connectivity index (χ1) is 9.24. The van der Waals surface area contributed by atoms with Gasteiger partial charge < -0.3 is 15.0 Å². The second-order valence-corrected chi connectivity index (χ2v) is 5.61. The molecule has 0 bridgehead atoms. The molecule has 1 saturated heterocycles. The normalized spacial score (nSPS) is 19.3. The third-order valence-corrected chi connectivity index (χ3v) is 4.08. The minimum Gasteiger partial charge on any atom is -0.463 e. The molecule has 0 radical (unpaired) electrons. The summed E-state index contributed by atoms with van der Waals surface area (Å²) >= 11 is 1.97. The van der Waals surface area contributed by atoms with Crippen LogP contribution in [0.15, 0.2) is 0 Å². The fraction of sp³-hybridized carbons (Fsp3) is 0.750. The molecule has 106 valence electrons. The maximum atomic E-state index is 5.53. The lowest BCUT2D eigenvalue weighted by molar-refractivity contribution is 0.291. The Morgan fingerprint density at radius 3 is 2.95 bits per heavy atom. The van der Waals surface area contributed by atoms with Crippen LogP contribution in [0.5, 0.6) is 6.01 Å². The Bertz CT molecular complexity index is 417. The number of hydrogen-bond acceptors (Lipinski definition) is 7. The summed E-state index contributed by atoms with van der Waals surface area (Å²) in [4.78, 5) is 15.3. The number of anilines is 2. The van der Waals surface area contributed by atoms with Crippen molar-refractivity contribution in [2.45, 2.75) is 26.3 Å². The summed E-state index contributed by atoms with van der Waals surface area (Å²) in [5, 5.41) is 2.96. The summed E-state index contributed by atoms with van der Waals surface area (Å²) in [6.07, 6.45) is 0.937. The van der Waals surface area contributed by atoms with E-state index in [-0.39, 0.29) is 0 Å². The van der Waals surface area contributed by atoms with Gasteiger partial charge in [0.2, 0.25) is 11.9 Å². The number of ether oxygens (including phenoxy) is 1. The van der Waals surface area contributed by atoms with Gasteiger partial charge in [0.05, 0.1) is 6.61 Å². The fourth-order valence-corrected chi connectivity index (χ4v) is 2.88. The highest BCUT2D eigenvalue weighted by molar-refractivity contribution is 7.99. The van der Waals surface area contributed by atoms with E-state index in [0.717, 1.165) is 24.5 Å². The van der Waals surface area contributed by atoms with Crippen LogP contribution < -0.4 is 15.0 Å². The van der Waals surface area contributed by atoms with Crippen molar-refractivity contribution >= 4 is 23.7 Å². The van der Waals surface area contributed by atoms with Crippen molar-refractivity contribution in [3.8, 4) is 6.01 Å². The van der Waals surface area contributed by atoms with Crippen LogP contribution in [0.25, 0.3) is 0 Å². The molecule has 1 aliphatic rings. The molecule has 1 atom stereocenters. The SMILES string of the molecule is CCCOc1nc(NC)nc(N2CCSCC2C)n1. The minimum atomic E-state index is 0.404. The van der Waals surface area contributed by atoms with Gasteiger partial charge in [0.25, 0.3) is 0 Å². The van der Waals surface area contributed by atoms with E-state index in [4.69, 9.17) is 4.74 Å². The average molecular weight is 283 g/mol. The standard InChI is InChI=1S/C12H21N5OS/c1-4-6-18-12-15-10(13-3)14-11(16-12)17-5-7-19-8-9(17)2/h9H,4-8H2,1-3H3,(H,13,14,15,16). The summed E-state index contributed by atoms with van der Waals surface area (Å²) in [5.41, 5.74) is 0. The zero-order valence-electron chi connectivity index (χ0n) is 11.7. The fourth-order valence-electron chi connectivity index (χ4n) is 1.87. The van der Waals surface area contributed by atoms with Gasteiger partial charge in [-0.3, -0.25) is 0 Å². The number of nitrogens with one attached hydrogen (secondary N) is 1. The molecule has 0 saturated carbocycles. The molecule has 0 spiro atoms. The van der Waals surface area contributed by atoms with Gasteiger partial charge in [0, 0.05) is 31.1 Å². The smallest absolute Gasteiger partial charge is 0.323 e. The van der Waals surface area contributed by atoms with E-state index >= 15 is 0 Å². The zero-order valence-corrected chi connectivity index (χ0v) is 12.5. The van der Waals surface area contributed by atoms with E-state index in [1.807, 2.05) is 11.8 Å². The van der Waals surface area contributed by atoms with Crippen molar-refractivity contribution in [2.75, 3.05) is 41.9 Å². The Morgan fingerprint density at radius 1 is 1.42 bits per heavy atom. The van der Waals surface area contributed by atoms with Gasteiger partial charge in [-0.2, -0.15) is 26.7 Å². The molecule has 1 aliphatic heterocycles. The highest BCUT2D eigenvalue weighted by Crippen LogP contribution is 2.22. The molecular weight excluding hydrogens is 262 g/mol. The number of hydrogen-bond donors (Lipinski definition) is 1. The van der Waals surface area contributed by atoms with Crippen LogP contribution in [0, 0.1) is 0 Å². The molecule has 7 heteroatoms. The van der Waals surface area contributed by atoms with Crippen molar-refractivity contribution in [3.05, 3.63) is 0 Å². The molecule has 0 aliphatic carbocycles. The molecule has 0 amide bonds. The van der Waals surface area contributed by atoms with Crippen molar-refractivity contribution < 1.29 is 4.74 Å². The van der Waals surface area contributed by atoms with Gasteiger partial charge >= 0.3 is 6.01 Å². The minimum absolute atomic E-state index is 0.404. The number of aromatic nitrogens is 3. The number of nitrogens with zero attached hydrogens (tertiary/aromatic N) is 4. The molecule has 6 nitrogen and oxygen atoms in total. The lowest BCUT2D eigenvalue weighted by atomic mass is 10.3. The first kappa shape index (κ1) is 14.2. The molecule has 0 aromatic carbocycles.